The molecule has 0 aliphatic carbocycles. The Morgan fingerprint density at radius 1 is 1.33 bits per heavy atom. The lowest BCUT2D eigenvalue weighted by molar-refractivity contribution is 0.0996. The quantitative estimate of drug-likeness (QED) is 0.690. The number of carbonyl (C=O) groups excluding carboxylic acids is 1. The summed E-state index contributed by atoms with van der Waals surface area (Å²) < 4.78 is 7.82. The van der Waals surface area contributed by atoms with Crippen molar-refractivity contribution in [2.45, 2.75) is 0 Å². The minimum atomic E-state index is -0.586. The molecule has 0 saturated carbocycles. The van der Waals surface area contributed by atoms with Gasteiger partial charge in [0.05, 0.1) is 12.6 Å². The summed E-state index contributed by atoms with van der Waals surface area (Å²) in [5.74, 6) is 0.683. The lowest BCUT2D eigenvalue weighted by atomic mass is 10.2. The molecule has 0 unspecified atom stereocenters. The number of pyridine rings is 1. The number of nitrogens with two attached hydrogens (primary N) is 1. The maximum absolute atomic E-state index is 11.6. The van der Waals surface area contributed by atoms with Gasteiger partial charge in [-0.1, -0.05) is 0 Å². The summed E-state index contributed by atoms with van der Waals surface area (Å²) in [7, 11) is 1.57. The highest BCUT2D eigenvalue weighted by molar-refractivity contribution is 14.1. The number of primary amides is 1. The van der Waals surface area contributed by atoms with E-state index in [1.807, 2.05) is 18.2 Å². The zero-order chi connectivity index (χ0) is 15.0. The Labute approximate surface area is 134 Å². The average molecular weight is 394 g/mol. The maximum atomic E-state index is 11.6. The fourth-order valence-electron chi connectivity index (χ4n) is 2.09. The highest BCUT2D eigenvalue weighted by Crippen LogP contribution is 2.26. The molecule has 21 heavy (non-hydrogen) atoms. The van der Waals surface area contributed by atoms with Crippen molar-refractivity contribution in [3.8, 4) is 11.6 Å². The van der Waals surface area contributed by atoms with E-state index >= 15 is 0 Å². The van der Waals surface area contributed by atoms with E-state index in [0.717, 1.165) is 9.09 Å². The minimum Gasteiger partial charge on any atom is -0.497 e. The summed E-state index contributed by atoms with van der Waals surface area (Å²) in [4.78, 5) is 15.9. The van der Waals surface area contributed by atoms with E-state index in [0.29, 0.717) is 17.0 Å². The van der Waals surface area contributed by atoms with Crippen LogP contribution in [0.3, 0.4) is 0 Å². The molecular weight excluding hydrogens is 383 g/mol. The van der Waals surface area contributed by atoms with Crippen molar-refractivity contribution in [2.75, 3.05) is 7.11 Å². The molecule has 6 nitrogen and oxygen atoms in total. The van der Waals surface area contributed by atoms with Gasteiger partial charge in [0.2, 0.25) is 0 Å². The Bertz CT molecular complexity index is 844. The van der Waals surface area contributed by atoms with Gasteiger partial charge in [-0.3, -0.25) is 4.79 Å². The smallest absolute Gasteiger partial charge is 0.269 e. The SMILES string of the molecule is COc1ccc2c(c1)c(C(N)=O)nn2-c1cc(I)ccn1. The average Bonchev–Trinajstić information content (AvgIpc) is 2.86. The topological polar surface area (TPSA) is 83.0 Å². The molecule has 0 atom stereocenters. The Morgan fingerprint density at radius 2 is 2.14 bits per heavy atom. The van der Waals surface area contributed by atoms with E-state index in [-0.39, 0.29) is 5.69 Å². The predicted molar refractivity (Wildman–Crippen MR) is 86.7 cm³/mol. The first-order valence-corrected chi connectivity index (χ1v) is 7.16. The van der Waals surface area contributed by atoms with Crippen LogP contribution >= 0.6 is 22.6 Å². The number of hydrogen-bond acceptors (Lipinski definition) is 4. The first-order valence-electron chi connectivity index (χ1n) is 6.08. The summed E-state index contributed by atoms with van der Waals surface area (Å²) in [6.07, 6.45) is 1.69. The van der Waals surface area contributed by atoms with Gasteiger partial charge in [-0.05, 0) is 52.9 Å². The molecule has 3 aromatic rings. The molecule has 106 valence electrons. The van der Waals surface area contributed by atoms with Crippen LogP contribution in [0.2, 0.25) is 0 Å². The van der Waals surface area contributed by atoms with Gasteiger partial charge < -0.3 is 10.5 Å². The van der Waals surface area contributed by atoms with Gasteiger partial charge in [-0.25, -0.2) is 9.67 Å². The zero-order valence-electron chi connectivity index (χ0n) is 11.1. The van der Waals surface area contributed by atoms with Crippen LogP contribution < -0.4 is 10.5 Å². The monoisotopic (exact) mass is 394 g/mol. The third kappa shape index (κ3) is 2.44. The molecular formula is C14H11IN4O2. The minimum absolute atomic E-state index is 0.199. The maximum Gasteiger partial charge on any atom is 0.269 e. The van der Waals surface area contributed by atoms with Crippen LogP contribution in [-0.4, -0.2) is 27.8 Å². The highest BCUT2D eigenvalue weighted by Gasteiger charge is 2.17. The van der Waals surface area contributed by atoms with Crippen LogP contribution in [0.15, 0.2) is 36.5 Å². The summed E-state index contributed by atoms with van der Waals surface area (Å²) in [5, 5.41) is 4.94. The van der Waals surface area contributed by atoms with Crippen LogP contribution in [0.25, 0.3) is 16.7 Å². The van der Waals surface area contributed by atoms with Crippen molar-refractivity contribution in [2.24, 2.45) is 5.73 Å². The number of halogens is 1. The summed E-state index contributed by atoms with van der Waals surface area (Å²) >= 11 is 2.19. The number of methoxy groups -OCH3 is 1. The van der Waals surface area contributed by atoms with E-state index in [9.17, 15) is 4.79 Å². The third-order valence-electron chi connectivity index (χ3n) is 3.04. The number of carbonyl (C=O) groups is 1. The molecule has 0 spiro atoms. The molecule has 1 aromatic carbocycles. The van der Waals surface area contributed by atoms with Crippen LogP contribution in [0.4, 0.5) is 0 Å². The lowest BCUT2D eigenvalue weighted by Gasteiger charge is -2.03. The van der Waals surface area contributed by atoms with Gasteiger partial charge in [-0.2, -0.15) is 5.10 Å². The highest BCUT2D eigenvalue weighted by atomic mass is 127. The number of rotatable bonds is 3. The Morgan fingerprint density at radius 3 is 2.81 bits per heavy atom. The van der Waals surface area contributed by atoms with Crippen molar-refractivity contribution in [3.05, 3.63) is 45.8 Å². The van der Waals surface area contributed by atoms with Crippen molar-refractivity contribution < 1.29 is 9.53 Å². The molecule has 1 amide bonds. The fraction of sp³-hybridized carbons (Fsp3) is 0.0714. The number of nitrogens with zero attached hydrogens (tertiary/aromatic N) is 3. The second kappa shape index (κ2) is 5.32. The number of amides is 1. The standard InChI is InChI=1S/C14H11IN4O2/c1-21-9-2-3-11-10(7-9)13(14(16)20)18-19(11)12-6-8(15)4-5-17-12/h2-7H,1H3,(H2,16,20). The van der Waals surface area contributed by atoms with E-state index in [1.165, 1.54) is 0 Å². The van der Waals surface area contributed by atoms with Gasteiger partial charge in [0, 0.05) is 15.2 Å². The molecule has 2 aromatic heterocycles. The van der Waals surface area contributed by atoms with Gasteiger partial charge >= 0.3 is 0 Å². The van der Waals surface area contributed by atoms with Crippen molar-refractivity contribution >= 4 is 39.4 Å². The fourth-order valence-corrected chi connectivity index (χ4v) is 2.53. The summed E-state index contributed by atoms with van der Waals surface area (Å²) in [5.41, 5.74) is 6.36. The second-order valence-corrected chi connectivity index (χ2v) is 5.59. The first kappa shape index (κ1) is 13.8. The molecule has 2 N–H and O–H groups in total. The Kier molecular flexibility index (Phi) is 3.50. The molecule has 0 aliphatic rings. The van der Waals surface area contributed by atoms with Crippen molar-refractivity contribution in [1.29, 1.82) is 0 Å². The summed E-state index contributed by atoms with van der Waals surface area (Å²) in [6.45, 7) is 0. The number of fused-ring (bicyclic) bond motifs is 1. The largest absolute Gasteiger partial charge is 0.497 e. The second-order valence-electron chi connectivity index (χ2n) is 4.34. The van der Waals surface area contributed by atoms with Crippen molar-refractivity contribution in [3.63, 3.8) is 0 Å². The Balaban J connectivity index is 2.31. The lowest BCUT2D eigenvalue weighted by Crippen LogP contribution is -2.12. The normalized spacial score (nSPS) is 10.8. The third-order valence-corrected chi connectivity index (χ3v) is 3.72. The van der Waals surface area contributed by atoms with Gasteiger partial charge in [0.15, 0.2) is 11.5 Å². The molecule has 0 saturated heterocycles. The van der Waals surface area contributed by atoms with Crippen LogP contribution in [-0.2, 0) is 0 Å². The molecule has 0 fully saturated rings. The van der Waals surface area contributed by atoms with Crippen LogP contribution in [0.1, 0.15) is 10.5 Å². The zero-order valence-corrected chi connectivity index (χ0v) is 13.2. The van der Waals surface area contributed by atoms with Gasteiger partial charge in [0.25, 0.3) is 5.91 Å². The molecule has 0 bridgehead atoms. The van der Waals surface area contributed by atoms with Crippen LogP contribution in [0, 0.1) is 3.57 Å². The van der Waals surface area contributed by atoms with Crippen LogP contribution in [0.5, 0.6) is 5.75 Å². The van der Waals surface area contributed by atoms with Gasteiger partial charge in [-0.15, -0.1) is 0 Å². The van der Waals surface area contributed by atoms with E-state index in [4.69, 9.17) is 10.5 Å². The molecule has 2 heterocycles. The molecule has 0 radical (unpaired) electrons. The van der Waals surface area contributed by atoms with Crippen molar-refractivity contribution in [1.82, 2.24) is 14.8 Å². The molecule has 3 rings (SSSR count). The van der Waals surface area contributed by atoms with E-state index < -0.39 is 5.91 Å². The van der Waals surface area contributed by atoms with E-state index in [1.54, 1.807) is 30.1 Å². The van der Waals surface area contributed by atoms with E-state index in [2.05, 4.69) is 32.7 Å². The summed E-state index contributed by atoms with van der Waals surface area (Å²) in [6, 6.07) is 9.14. The first-order chi connectivity index (χ1) is 10.1. The van der Waals surface area contributed by atoms with Gasteiger partial charge in [0.1, 0.15) is 5.75 Å². The number of hydrogen-bond donors (Lipinski definition) is 1. The number of benzene rings is 1. The molecule has 0 aliphatic heterocycles. The Hall–Kier alpha value is -2.16. The number of aromatic nitrogens is 3. The predicted octanol–water partition coefficient (Wildman–Crippen LogP) is 2.13. The number of ether oxygens (including phenoxy) is 1. The molecule has 7 heteroatoms.